The molecule has 3 N–H and O–H groups in total. The first-order valence-electron chi connectivity index (χ1n) is 10.1. The zero-order valence-electron chi connectivity index (χ0n) is 16.8. The van der Waals surface area contributed by atoms with Gasteiger partial charge in [0.15, 0.2) is 0 Å². The minimum Gasteiger partial charge on any atom is -0.497 e. The van der Waals surface area contributed by atoms with Gasteiger partial charge in [0.2, 0.25) is 0 Å². The molecule has 0 spiro atoms. The summed E-state index contributed by atoms with van der Waals surface area (Å²) in [6.07, 6.45) is 1.36. The molecule has 0 radical (unpaired) electrons. The predicted octanol–water partition coefficient (Wildman–Crippen LogP) is 3.12. The Hall–Kier alpha value is -2.19. The Kier molecular flexibility index (Phi) is 6.61. The highest BCUT2D eigenvalue weighted by Gasteiger charge is 2.27. The number of nitrogens with two attached hydrogens (primary N) is 1. The smallest absolute Gasteiger partial charge is 0.124 e. The van der Waals surface area contributed by atoms with E-state index < -0.39 is 0 Å². The summed E-state index contributed by atoms with van der Waals surface area (Å²) < 4.78 is 12.4. The van der Waals surface area contributed by atoms with E-state index in [-0.39, 0.29) is 0 Å². The largest absolute Gasteiger partial charge is 0.497 e. The van der Waals surface area contributed by atoms with Gasteiger partial charge >= 0.3 is 0 Å². The van der Waals surface area contributed by atoms with Crippen LogP contribution in [0.3, 0.4) is 0 Å². The molecule has 3 aromatic rings. The van der Waals surface area contributed by atoms with E-state index in [1.807, 2.05) is 18.2 Å². The Morgan fingerprint density at radius 3 is 2.76 bits per heavy atom. The molecule has 0 saturated carbocycles. The molecule has 1 aliphatic heterocycles. The Morgan fingerprint density at radius 1 is 1.17 bits per heavy atom. The molecule has 1 fully saturated rings. The summed E-state index contributed by atoms with van der Waals surface area (Å²) in [5.41, 5.74) is 8.85. The second-order valence-corrected chi connectivity index (χ2v) is 8.22. The van der Waals surface area contributed by atoms with Crippen molar-refractivity contribution >= 4 is 27.2 Å². The molecule has 0 unspecified atom stereocenters. The van der Waals surface area contributed by atoms with E-state index in [9.17, 15) is 0 Å². The molecule has 29 heavy (non-hydrogen) atoms. The Labute approximate surface area is 175 Å². The number of nitrogens with zero attached hydrogens (tertiary/aromatic N) is 2. The maximum absolute atomic E-state index is 5.92. The Morgan fingerprint density at radius 2 is 2.00 bits per heavy atom. The summed E-state index contributed by atoms with van der Waals surface area (Å²) in [6, 6.07) is 14.7. The fourth-order valence-corrected chi connectivity index (χ4v) is 4.40. The van der Waals surface area contributed by atoms with Gasteiger partial charge in [-0.05, 0) is 55.4 Å². The predicted molar refractivity (Wildman–Crippen MR) is 120 cm³/mol. The first-order chi connectivity index (χ1) is 14.3. The molecule has 0 amide bonds. The zero-order valence-corrected chi connectivity index (χ0v) is 17.6. The number of fused-ring (bicyclic) bond motifs is 1. The maximum atomic E-state index is 5.92. The van der Waals surface area contributed by atoms with Gasteiger partial charge < -0.3 is 25.4 Å². The fourth-order valence-electron chi connectivity index (χ4n) is 3.40. The third-order valence-corrected chi connectivity index (χ3v) is 6.16. The van der Waals surface area contributed by atoms with Crippen molar-refractivity contribution in [1.82, 2.24) is 10.3 Å². The van der Waals surface area contributed by atoms with Crippen LogP contribution in [0.25, 0.3) is 20.8 Å². The van der Waals surface area contributed by atoms with Crippen LogP contribution in [0.1, 0.15) is 6.42 Å². The lowest BCUT2D eigenvalue weighted by molar-refractivity contribution is 0.0331. The van der Waals surface area contributed by atoms with Gasteiger partial charge in [0.25, 0.3) is 0 Å². The molecule has 1 aliphatic rings. The van der Waals surface area contributed by atoms with Gasteiger partial charge in [-0.3, -0.25) is 0 Å². The Bertz CT molecular complexity index is 922. The van der Waals surface area contributed by atoms with Gasteiger partial charge in [-0.2, -0.15) is 0 Å². The van der Waals surface area contributed by atoms with Crippen molar-refractivity contribution in [3.63, 3.8) is 0 Å². The molecule has 0 aliphatic carbocycles. The summed E-state index contributed by atoms with van der Waals surface area (Å²) in [5.74, 6) is 0.865. The number of ether oxygens (including phenoxy) is 2. The molecule has 7 heteroatoms. The molecule has 4 rings (SSSR count). The first kappa shape index (κ1) is 20.1. The number of aromatic nitrogens is 1. The van der Waals surface area contributed by atoms with Crippen molar-refractivity contribution in [1.29, 1.82) is 0 Å². The van der Waals surface area contributed by atoms with E-state index >= 15 is 0 Å². The number of hydrogen-bond donors (Lipinski definition) is 2. The van der Waals surface area contributed by atoms with E-state index in [1.54, 1.807) is 18.4 Å². The van der Waals surface area contributed by atoms with Crippen molar-refractivity contribution < 1.29 is 9.47 Å². The minimum atomic E-state index is 0.337. The highest BCUT2D eigenvalue weighted by molar-refractivity contribution is 7.21. The minimum absolute atomic E-state index is 0.337. The lowest BCUT2D eigenvalue weighted by Gasteiger charge is -2.40. The number of hydrogen-bond acceptors (Lipinski definition) is 7. The van der Waals surface area contributed by atoms with Gasteiger partial charge in [0, 0.05) is 44.0 Å². The first-order valence-corrected chi connectivity index (χ1v) is 10.9. The van der Waals surface area contributed by atoms with E-state index in [0.29, 0.717) is 12.6 Å². The van der Waals surface area contributed by atoms with Crippen molar-refractivity contribution in [3.8, 4) is 16.3 Å². The topological polar surface area (TPSA) is 72.6 Å². The van der Waals surface area contributed by atoms with Crippen LogP contribution in [0.2, 0.25) is 0 Å². The number of nitrogens with one attached hydrogen (secondary N) is 1. The van der Waals surface area contributed by atoms with Crippen LogP contribution in [0.15, 0.2) is 42.5 Å². The number of rotatable bonds is 10. The maximum Gasteiger partial charge on any atom is 0.124 e. The highest BCUT2D eigenvalue weighted by Crippen LogP contribution is 2.33. The number of methoxy groups -OCH3 is 1. The molecule has 6 nitrogen and oxygen atoms in total. The van der Waals surface area contributed by atoms with Gasteiger partial charge in [-0.1, -0.05) is 0 Å². The van der Waals surface area contributed by atoms with Gasteiger partial charge in [0.1, 0.15) is 10.8 Å². The van der Waals surface area contributed by atoms with Gasteiger partial charge in [-0.15, -0.1) is 11.3 Å². The Balaban J connectivity index is 1.28. The van der Waals surface area contributed by atoms with Crippen molar-refractivity contribution in [2.75, 3.05) is 51.3 Å². The second-order valence-electron chi connectivity index (χ2n) is 7.19. The average Bonchev–Trinajstić information content (AvgIpc) is 3.15. The molecule has 0 bridgehead atoms. The fraction of sp³-hybridized carbons (Fsp3) is 0.409. The number of thiazole rings is 1. The molecular formula is C22H28N4O2S. The van der Waals surface area contributed by atoms with Crippen molar-refractivity contribution in [2.45, 2.75) is 12.5 Å². The number of anilines is 1. The van der Waals surface area contributed by atoms with Crippen molar-refractivity contribution in [3.05, 3.63) is 42.5 Å². The van der Waals surface area contributed by atoms with E-state index in [4.69, 9.17) is 20.2 Å². The molecule has 1 saturated heterocycles. The SMILES string of the molecule is COc1ccc2nc(-c3ccc(N4CC(OCCCNCCN)C4)cc3)sc2c1. The molecule has 0 atom stereocenters. The molecule has 1 aromatic heterocycles. The summed E-state index contributed by atoms with van der Waals surface area (Å²) in [7, 11) is 1.69. The molecular weight excluding hydrogens is 384 g/mol. The molecule has 2 aromatic carbocycles. The normalized spacial score (nSPS) is 14.3. The summed E-state index contributed by atoms with van der Waals surface area (Å²) in [6.45, 7) is 5.24. The standard InChI is InChI=1S/C22H28N4O2S/c1-27-18-7-8-20-21(13-18)29-22(25-20)16-3-5-17(6-4-16)26-14-19(15-26)28-12-2-10-24-11-9-23/h3-8,13,19,24H,2,9-12,14-15,23H2,1H3. The zero-order chi connectivity index (χ0) is 20.1. The number of benzene rings is 2. The van der Waals surface area contributed by atoms with E-state index in [2.05, 4.69) is 34.5 Å². The summed E-state index contributed by atoms with van der Waals surface area (Å²) >= 11 is 1.69. The average molecular weight is 413 g/mol. The quantitative estimate of drug-likeness (QED) is 0.499. The van der Waals surface area contributed by atoms with Gasteiger partial charge in [-0.25, -0.2) is 4.98 Å². The van der Waals surface area contributed by atoms with Crippen LogP contribution in [0, 0.1) is 0 Å². The lowest BCUT2D eigenvalue weighted by atomic mass is 10.1. The van der Waals surface area contributed by atoms with Crippen LogP contribution in [-0.2, 0) is 4.74 Å². The van der Waals surface area contributed by atoms with Crippen LogP contribution in [0.4, 0.5) is 5.69 Å². The van der Waals surface area contributed by atoms with Gasteiger partial charge in [0.05, 0.1) is 23.4 Å². The van der Waals surface area contributed by atoms with Crippen LogP contribution >= 0.6 is 11.3 Å². The lowest BCUT2D eigenvalue weighted by Crippen LogP contribution is -2.52. The summed E-state index contributed by atoms with van der Waals surface area (Å²) in [4.78, 5) is 7.11. The van der Waals surface area contributed by atoms with E-state index in [0.717, 1.165) is 65.7 Å². The molecule has 2 heterocycles. The monoisotopic (exact) mass is 412 g/mol. The molecule has 154 valence electrons. The summed E-state index contributed by atoms with van der Waals surface area (Å²) in [5, 5.41) is 4.32. The third-order valence-electron chi connectivity index (χ3n) is 5.10. The third kappa shape index (κ3) is 4.87. The van der Waals surface area contributed by atoms with Crippen molar-refractivity contribution in [2.24, 2.45) is 5.73 Å². The second kappa shape index (κ2) is 9.54. The van der Waals surface area contributed by atoms with E-state index in [1.165, 1.54) is 5.69 Å². The van der Waals surface area contributed by atoms with Crippen LogP contribution < -0.4 is 20.7 Å². The highest BCUT2D eigenvalue weighted by atomic mass is 32.1. The van der Waals surface area contributed by atoms with Crippen LogP contribution in [0.5, 0.6) is 5.75 Å². The van der Waals surface area contributed by atoms with Crippen LogP contribution in [-0.4, -0.2) is 57.5 Å².